The first-order chi connectivity index (χ1) is 8.48. The number of rotatable bonds is 2. The lowest BCUT2D eigenvalue weighted by molar-refractivity contribution is -0.206. The quantitative estimate of drug-likeness (QED) is 0.837. The summed E-state index contributed by atoms with van der Waals surface area (Å²) in [5.74, 6) is 0.468. The maximum atomic E-state index is 12.3. The Balaban J connectivity index is 2.09. The molecule has 1 saturated carbocycles. The van der Waals surface area contributed by atoms with Crippen molar-refractivity contribution in [1.82, 2.24) is 0 Å². The van der Waals surface area contributed by atoms with E-state index in [4.69, 9.17) is 5.11 Å². The fourth-order valence-corrected chi connectivity index (χ4v) is 2.58. The van der Waals surface area contributed by atoms with Gasteiger partial charge in [0, 0.05) is 0 Å². The van der Waals surface area contributed by atoms with Crippen molar-refractivity contribution in [3.05, 3.63) is 35.4 Å². The molecule has 1 N–H and O–H groups in total. The van der Waals surface area contributed by atoms with Gasteiger partial charge in [0.25, 0.3) is 0 Å². The largest absolute Gasteiger partial charge is 0.418 e. The highest BCUT2D eigenvalue weighted by molar-refractivity contribution is 5.27. The Labute approximate surface area is 105 Å². The van der Waals surface area contributed by atoms with E-state index in [0.717, 1.165) is 18.4 Å². The average Bonchev–Trinajstić information content (AvgIpc) is 2.38. The minimum atomic E-state index is -4.59. The van der Waals surface area contributed by atoms with E-state index in [1.54, 1.807) is 12.1 Å². The molecule has 100 valence electrons. The van der Waals surface area contributed by atoms with Gasteiger partial charge in [-0.25, -0.2) is 0 Å². The highest BCUT2D eigenvalue weighted by Gasteiger charge is 2.39. The maximum Gasteiger partial charge on any atom is 0.418 e. The highest BCUT2D eigenvalue weighted by atomic mass is 19.4. The molecule has 0 heterocycles. The second-order valence-electron chi connectivity index (χ2n) is 4.95. The van der Waals surface area contributed by atoms with Gasteiger partial charge in [-0.3, -0.25) is 0 Å². The summed E-state index contributed by atoms with van der Waals surface area (Å²) in [6, 6.07) is 6.23. The lowest BCUT2D eigenvalue weighted by Crippen LogP contribution is -2.20. The molecule has 0 bridgehead atoms. The number of alkyl halides is 3. The summed E-state index contributed by atoms with van der Waals surface area (Å²) in [7, 11) is 0. The zero-order chi connectivity index (χ0) is 13.2. The number of aliphatic hydroxyl groups excluding tert-OH is 1. The summed E-state index contributed by atoms with van der Waals surface area (Å²) in [6.07, 6.45) is -1.11. The van der Waals surface area contributed by atoms with Crippen molar-refractivity contribution in [2.45, 2.75) is 50.3 Å². The molecular formula is C14H17F3O. The topological polar surface area (TPSA) is 20.2 Å². The van der Waals surface area contributed by atoms with Crippen LogP contribution in [0.5, 0.6) is 0 Å². The van der Waals surface area contributed by atoms with E-state index in [9.17, 15) is 13.2 Å². The molecule has 0 amide bonds. The van der Waals surface area contributed by atoms with Crippen molar-refractivity contribution in [3.8, 4) is 0 Å². The first kappa shape index (κ1) is 13.4. The normalized spacial score (nSPS) is 19.8. The first-order valence-corrected chi connectivity index (χ1v) is 6.33. The Kier molecular flexibility index (Phi) is 3.95. The molecule has 4 heteroatoms. The van der Waals surface area contributed by atoms with Crippen LogP contribution in [0.2, 0.25) is 0 Å². The summed E-state index contributed by atoms with van der Waals surface area (Å²) in [4.78, 5) is 0. The molecular weight excluding hydrogens is 241 g/mol. The third kappa shape index (κ3) is 3.05. The van der Waals surface area contributed by atoms with Crippen molar-refractivity contribution in [3.63, 3.8) is 0 Å². The number of benzene rings is 1. The zero-order valence-corrected chi connectivity index (χ0v) is 10.1. The average molecular weight is 258 g/mol. The molecule has 0 radical (unpaired) electrons. The van der Waals surface area contributed by atoms with E-state index in [1.807, 2.05) is 0 Å². The molecule has 0 saturated heterocycles. The van der Waals surface area contributed by atoms with Gasteiger partial charge in [0.15, 0.2) is 6.10 Å². The van der Waals surface area contributed by atoms with Crippen LogP contribution in [0.1, 0.15) is 55.3 Å². The Hall–Kier alpha value is -1.03. The van der Waals surface area contributed by atoms with Crippen LogP contribution in [0.3, 0.4) is 0 Å². The SMILES string of the molecule is OC(c1ccc(C2CCCCC2)cc1)C(F)(F)F. The lowest BCUT2D eigenvalue weighted by Gasteiger charge is -2.22. The highest BCUT2D eigenvalue weighted by Crippen LogP contribution is 2.35. The summed E-state index contributed by atoms with van der Waals surface area (Å²) < 4.78 is 37.0. The van der Waals surface area contributed by atoms with Crippen LogP contribution in [0.4, 0.5) is 13.2 Å². The number of hydrogen-bond acceptors (Lipinski definition) is 1. The summed E-state index contributed by atoms with van der Waals surface area (Å²) in [5, 5.41) is 9.13. The van der Waals surface area contributed by atoms with Gasteiger partial charge in [-0.15, -0.1) is 0 Å². The Morgan fingerprint density at radius 2 is 1.56 bits per heavy atom. The fourth-order valence-electron chi connectivity index (χ4n) is 2.58. The standard InChI is InChI=1S/C14H17F3O/c15-14(16,17)13(18)12-8-6-11(7-9-12)10-4-2-1-3-5-10/h6-10,13,18H,1-5H2. The van der Waals surface area contributed by atoms with Crippen molar-refractivity contribution in [2.75, 3.05) is 0 Å². The molecule has 1 aliphatic rings. The molecule has 1 nitrogen and oxygen atoms in total. The third-order valence-electron chi connectivity index (χ3n) is 3.64. The summed E-state index contributed by atoms with van der Waals surface area (Å²) in [5.41, 5.74) is 1.01. The smallest absolute Gasteiger partial charge is 0.379 e. The third-order valence-corrected chi connectivity index (χ3v) is 3.64. The van der Waals surface area contributed by atoms with Gasteiger partial charge >= 0.3 is 6.18 Å². The molecule has 0 spiro atoms. The molecule has 1 aliphatic carbocycles. The maximum absolute atomic E-state index is 12.3. The second-order valence-corrected chi connectivity index (χ2v) is 4.95. The molecule has 1 fully saturated rings. The molecule has 0 aliphatic heterocycles. The first-order valence-electron chi connectivity index (χ1n) is 6.33. The van der Waals surface area contributed by atoms with Crippen LogP contribution in [-0.2, 0) is 0 Å². The molecule has 1 aromatic carbocycles. The van der Waals surface area contributed by atoms with Crippen LogP contribution in [0.15, 0.2) is 24.3 Å². The van der Waals surface area contributed by atoms with Gasteiger partial charge in [-0.2, -0.15) is 13.2 Å². The lowest BCUT2D eigenvalue weighted by atomic mass is 9.84. The summed E-state index contributed by atoms with van der Waals surface area (Å²) in [6.45, 7) is 0. The van der Waals surface area contributed by atoms with Crippen LogP contribution >= 0.6 is 0 Å². The van der Waals surface area contributed by atoms with Crippen LogP contribution in [0.25, 0.3) is 0 Å². The predicted octanol–water partition coefficient (Wildman–Crippen LogP) is 4.33. The zero-order valence-electron chi connectivity index (χ0n) is 10.1. The van der Waals surface area contributed by atoms with Crippen LogP contribution in [-0.4, -0.2) is 11.3 Å². The number of hydrogen-bond donors (Lipinski definition) is 1. The van der Waals surface area contributed by atoms with E-state index >= 15 is 0 Å². The predicted molar refractivity (Wildman–Crippen MR) is 63.3 cm³/mol. The van der Waals surface area contributed by atoms with E-state index in [-0.39, 0.29) is 5.56 Å². The van der Waals surface area contributed by atoms with E-state index in [2.05, 4.69) is 0 Å². The Bertz CT molecular complexity index is 377. The van der Waals surface area contributed by atoms with Gasteiger partial charge in [0.1, 0.15) is 0 Å². The fraction of sp³-hybridized carbons (Fsp3) is 0.571. The van der Waals surface area contributed by atoms with Gasteiger partial charge in [-0.05, 0) is 29.9 Å². The van der Waals surface area contributed by atoms with Crippen LogP contribution in [0, 0.1) is 0 Å². The molecule has 1 unspecified atom stereocenters. The monoisotopic (exact) mass is 258 g/mol. The van der Waals surface area contributed by atoms with Crippen molar-refractivity contribution in [2.24, 2.45) is 0 Å². The van der Waals surface area contributed by atoms with E-state index in [1.165, 1.54) is 31.4 Å². The Morgan fingerprint density at radius 3 is 2.06 bits per heavy atom. The van der Waals surface area contributed by atoms with Crippen molar-refractivity contribution >= 4 is 0 Å². The van der Waals surface area contributed by atoms with Gasteiger partial charge in [0.05, 0.1) is 0 Å². The van der Waals surface area contributed by atoms with Gasteiger partial charge in [-0.1, -0.05) is 43.5 Å². The summed E-state index contributed by atoms with van der Waals surface area (Å²) >= 11 is 0. The van der Waals surface area contributed by atoms with Crippen molar-refractivity contribution in [1.29, 1.82) is 0 Å². The molecule has 1 aromatic rings. The number of halogens is 3. The minimum Gasteiger partial charge on any atom is -0.379 e. The molecule has 0 aromatic heterocycles. The molecule has 18 heavy (non-hydrogen) atoms. The van der Waals surface area contributed by atoms with Gasteiger partial charge in [0.2, 0.25) is 0 Å². The minimum absolute atomic E-state index is 0.0814. The van der Waals surface area contributed by atoms with Crippen molar-refractivity contribution < 1.29 is 18.3 Å². The second kappa shape index (κ2) is 5.31. The van der Waals surface area contributed by atoms with Gasteiger partial charge < -0.3 is 5.11 Å². The van der Waals surface area contributed by atoms with Crippen LogP contribution < -0.4 is 0 Å². The molecule has 1 atom stereocenters. The van der Waals surface area contributed by atoms with E-state index < -0.39 is 12.3 Å². The van der Waals surface area contributed by atoms with E-state index in [0.29, 0.717) is 5.92 Å². The Morgan fingerprint density at radius 1 is 1.00 bits per heavy atom. The molecule has 2 rings (SSSR count). The number of aliphatic hydroxyl groups is 1.